The molecule has 19 heavy (non-hydrogen) atoms. The van der Waals surface area contributed by atoms with E-state index in [2.05, 4.69) is 0 Å². The van der Waals surface area contributed by atoms with Crippen molar-refractivity contribution < 1.29 is 35.0 Å². The molecule has 110 valence electrons. The third kappa shape index (κ3) is 3.61. The first-order valence-electron chi connectivity index (χ1n) is 5.80. The Morgan fingerprint density at radius 3 is 2.26 bits per heavy atom. The molecule has 1 heterocycles. The number of aliphatic hydroxyl groups is 5. The molecule has 6 atom stereocenters. The third-order valence-electron chi connectivity index (χ3n) is 2.88. The summed E-state index contributed by atoms with van der Waals surface area (Å²) in [7, 11) is 0. The lowest BCUT2D eigenvalue weighted by atomic mass is 9.98. The Morgan fingerprint density at radius 1 is 1.26 bits per heavy atom. The van der Waals surface area contributed by atoms with Gasteiger partial charge < -0.3 is 35.0 Å². The Morgan fingerprint density at radius 2 is 1.84 bits per heavy atom. The first kappa shape index (κ1) is 16.3. The van der Waals surface area contributed by atoms with E-state index in [4.69, 9.17) is 19.8 Å². The lowest BCUT2D eigenvalue weighted by Crippen LogP contribution is -2.60. The van der Waals surface area contributed by atoms with E-state index in [1.807, 2.05) is 0 Å². The number of aliphatic hydroxyl groups excluding tert-OH is 4. The van der Waals surface area contributed by atoms with Gasteiger partial charge in [0.15, 0.2) is 12.4 Å². The molecule has 0 aromatic rings. The van der Waals surface area contributed by atoms with Crippen molar-refractivity contribution in [3.05, 3.63) is 0 Å². The van der Waals surface area contributed by atoms with Crippen LogP contribution >= 0.6 is 0 Å². The van der Waals surface area contributed by atoms with Crippen LogP contribution < -0.4 is 0 Å². The van der Waals surface area contributed by atoms with E-state index in [1.54, 1.807) is 6.07 Å². The third-order valence-corrected chi connectivity index (χ3v) is 2.88. The van der Waals surface area contributed by atoms with Crippen LogP contribution in [-0.2, 0) is 9.47 Å². The number of ether oxygens (including phenoxy) is 2. The molecule has 1 saturated heterocycles. The van der Waals surface area contributed by atoms with E-state index in [0.29, 0.717) is 0 Å². The van der Waals surface area contributed by atoms with Crippen LogP contribution in [0, 0.1) is 11.3 Å². The predicted molar refractivity (Wildman–Crippen MR) is 60.6 cm³/mol. The van der Waals surface area contributed by atoms with Gasteiger partial charge in [-0.2, -0.15) is 5.26 Å². The Hall–Kier alpha value is -0.790. The highest BCUT2D eigenvalue weighted by Gasteiger charge is 2.46. The Labute approximate surface area is 110 Å². The molecule has 1 aliphatic heterocycles. The molecule has 1 rings (SSSR count). The van der Waals surface area contributed by atoms with Crippen LogP contribution in [0.1, 0.15) is 13.8 Å². The fraction of sp³-hybridized carbons (Fsp3) is 0.909. The average Bonchev–Trinajstić information content (AvgIpc) is 2.34. The normalized spacial score (nSPS) is 37.7. The van der Waals surface area contributed by atoms with Crippen LogP contribution in [0.15, 0.2) is 0 Å². The second-order valence-electron chi connectivity index (χ2n) is 5.00. The van der Waals surface area contributed by atoms with Crippen molar-refractivity contribution in [3.8, 4) is 6.07 Å². The average molecular weight is 277 g/mol. The van der Waals surface area contributed by atoms with Crippen molar-refractivity contribution in [2.75, 3.05) is 6.61 Å². The topological polar surface area (TPSA) is 143 Å². The second kappa shape index (κ2) is 6.11. The van der Waals surface area contributed by atoms with Gasteiger partial charge in [0.2, 0.25) is 0 Å². The number of hydrogen-bond donors (Lipinski definition) is 5. The number of nitrogens with zero attached hydrogens (tertiary/aromatic N) is 1. The summed E-state index contributed by atoms with van der Waals surface area (Å²) < 4.78 is 10.2. The first-order valence-corrected chi connectivity index (χ1v) is 5.80. The molecule has 0 radical (unpaired) electrons. The summed E-state index contributed by atoms with van der Waals surface area (Å²) in [4.78, 5) is 0. The smallest absolute Gasteiger partial charge is 0.188 e. The zero-order valence-electron chi connectivity index (χ0n) is 10.7. The molecule has 8 nitrogen and oxygen atoms in total. The van der Waals surface area contributed by atoms with Gasteiger partial charge in [0.25, 0.3) is 0 Å². The van der Waals surface area contributed by atoms with Gasteiger partial charge in [0.05, 0.1) is 18.3 Å². The van der Waals surface area contributed by atoms with Crippen LogP contribution in [-0.4, -0.2) is 74.6 Å². The zero-order chi connectivity index (χ0) is 14.8. The van der Waals surface area contributed by atoms with Gasteiger partial charge in [-0.15, -0.1) is 0 Å². The molecule has 0 aromatic heterocycles. The fourth-order valence-corrected chi connectivity index (χ4v) is 1.67. The first-order chi connectivity index (χ1) is 8.72. The van der Waals surface area contributed by atoms with Gasteiger partial charge in [-0.1, -0.05) is 0 Å². The highest BCUT2D eigenvalue weighted by molar-refractivity contribution is 4.98. The molecule has 8 heteroatoms. The summed E-state index contributed by atoms with van der Waals surface area (Å²) in [5, 5.41) is 56.4. The van der Waals surface area contributed by atoms with E-state index in [0.717, 1.165) is 0 Å². The number of nitriles is 1. The van der Waals surface area contributed by atoms with E-state index >= 15 is 0 Å². The quantitative estimate of drug-likeness (QED) is 0.378. The highest BCUT2D eigenvalue weighted by atomic mass is 16.7. The molecule has 0 aliphatic carbocycles. The number of rotatable bonds is 4. The predicted octanol–water partition coefficient (Wildman–Crippen LogP) is -2.53. The maximum absolute atomic E-state index is 9.70. The molecule has 1 fully saturated rings. The molecule has 0 aromatic carbocycles. The molecule has 0 spiro atoms. The monoisotopic (exact) mass is 277 g/mol. The van der Waals surface area contributed by atoms with Crippen LogP contribution in [0.25, 0.3) is 0 Å². The molecule has 5 N–H and O–H groups in total. The summed E-state index contributed by atoms with van der Waals surface area (Å²) in [6, 6.07) is 1.70. The highest BCUT2D eigenvalue weighted by Crippen LogP contribution is 2.25. The van der Waals surface area contributed by atoms with Crippen LogP contribution in [0.4, 0.5) is 0 Å². The van der Waals surface area contributed by atoms with E-state index in [1.165, 1.54) is 13.8 Å². The van der Waals surface area contributed by atoms with Gasteiger partial charge in [-0.25, -0.2) is 0 Å². The van der Waals surface area contributed by atoms with Crippen molar-refractivity contribution in [3.63, 3.8) is 0 Å². The molecule has 1 aliphatic rings. The largest absolute Gasteiger partial charge is 0.394 e. The van der Waals surface area contributed by atoms with E-state index in [-0.39, 0.29) is 0 Å². The molecule has 0 bridgehead atoms. The molecular formula is C11H19NO7. The van der Waals surface area contributed by atoms with Crippen molar-refractivity contribution in [2.24, 2.45) is 0 Å². The van der Waals surface area contributed by atoms with Crippen molar-refractivity contribution >= 4 is 0 Å². The summed E-state index contributed by atoms with van der Waals surface area (Å²) in [6.45, 7) is 2.08. The minimum atomic E-state index is -1.60. The van der Waals surface area contributed by atoms with E-state index < -0.39 is 49.0 Å². The van der Waals surface area contributed by atoms with Crippen molar-refractivity contribution in [1.82, 2.24) is 0 Å². The maximum atomic E-state index is 9.70. The molecular weight excluding hydrogens is 258 g/mol. The molecule has 0 unspecified atom stereocenters. The zero-order valence-corrected chi connectivity index (χ0v) is 10.7. The fourth-order valence-electron chi connectivity index (χ4n) is 1.67. The van der Waals surface area contributed by atoms with Gasteiger partial charge in [0, 0.05) is 0 Å². The van der Waals surface area contributed by atoms with Crippen molar-refractivity contribution in [2.45, 2.75) is 56.3 Å². The van der Waals surface area contributed by atoms with E-state index in [9.17, 15) is 20.4 Å². The summed E-state index contributed by atoms with van der Waals surface area (Å²) in [5.41, 5.74) is -1.51. The van der Waals surface area contributed by atoms with Gasteiger partial charge in [-0.3, -0.25) is 0 Å². The van der Waals surface area contributed by atoms with Gasteiger partial charge in [-0.05, 0) is 13.8 Å². The lowest BCUT2D eigenvalue weighted by Gasteiger charge is -2.41. The Balaban J connectivity index is 2.80. The summed E-state index contributed by atoms with van der Waals surface area (Å²) >= 11 is 0. The van der Waals surface area contributed by atoms with Gasteiger partial charge in [0.1, 0.15) is 24.4 Å². The SMILES string of the molecule is CC(C)(O)[C@@H](C#N)O[C@@H]1O[C@H](CO)[C@@H](O)[C@H](O)[C@H]1O. The summed E-state index contributed by atoms with van der Waals surface area (Å²) in [6.07, 6.45) is -8.55. The van der Waals surface area contributed by atoms with Gasteiger partial charge >= 0.3 is 0 Å². The van der Waals surface area contributed by atoms with Crippen LogP contribution in [0.3, 0.4) is 0 Å². The van der Waals surface area contributed by atoms with Crippen molar-refractivity contribution in [1.29, 1.82) is 5.26 Å². The second-order valence-corrected chi connectivity index (χ2v) is 5.00. The standard InChI is InChI=1S/C11H19NO7/c1-11(2,17)6(3-12)19-10-9(16)8(15)7(14)5(4-13)18-10/h5-10,13-17H,4H2,1-2H3/t5-,6-,7-,8+,9-,10+/m1/s1. The Bertz CT molecular complexity index is 335. The molecule has 0 saturated carbocycles. The number of hydrogen-bond acceptors (Lipinski definition) is 8. The minimum Gasteiger partial charge on any atom is -0.394 e. The van der Waals surface area contributed by atoms with Crippen LogP contribution in [0.2, 0.25) is 0 Å². The Kier molecular flexibility index (Phi) is 5.23. The van der Waals surface area contributed by atoms with Crippen LogP contribution in [0.5, 0.6) is 0 Å². The lowest BCUT2D eigenvalue weighted by molar-refractivity contribution is -0.315. The maximum Gasteiger partial charge on any atom is 0.188 e. The molecule has 0 amide bonds. The minimum absolute atomic E-state index is 0.593. The summed E-state index contributed by atoms with van der Waals surface area (Å²) in [5.74, 6) is 0.